The number of sulfonamides is 1. The maximum Gasteiger partial charge on any atom is 0.241 e. The van der Waals surface area contributed by atoms with Crippen LogP contribution in [0.15, 0.2) is 17.0 Å². The Labute approximate surface area is 119 Å². The van der Waals surface area contributed by atoms with Crippen molar-refractivity contribution in [2.24, 2.45) is 0 Å². The van der Waals surface area contributed by atoms with Gasteiger partial charge in [0.2, 0.25) is 10.0 Å². The van der Waals surface area contributed by atoms with Crippen molar-refractivity contribution in [3.05, 3.63) is 23.5 Å². The molecule has 0 aliphatic rings. The van der Waals surface area contributed by atoms with Crippen molar-refractivity contribution in [2.45, 2.75) is 50.7 Å². The molecule has 1 aromatic rings. The molecule has 0 bridgehead atoms. The fourth-order valence-corrected chi connectivity index (χ4v) is 3.29. The van der Waals surface area contributed by atoms with Crippen LogP contribution in [0.4, 0.5) is 10.1 Å². The lowest BCUT2D eigenvalue weighted by molar-refractivity contribution is 0.00638. The number of hydrogen-bond acceptors (Lipinski definition) is 4. The van der Waals surface area contributed by atoms with E-state index in [0.717, 1.165) is 6.07 Å². The minimum absolute atomic E-state index is 0.0155. The monoisotopic (exact) mass is 304 g/mol. The molecule has 0 saturated heterocycles. The molecule has 0 spiro atoms. The molecular formula is C13H21FN2O3S. The summed E-state index contributed by atoms with van der Waals surface area (Å²) in [6.45, 7) is 7.43. The van der Waals surface area contributed by atoms with Gasteiger partial charge in [0.15, 0.2) is 0 Å². The Bertz CT molecular complexity index is 619. The van der Waals surface area contributed by atoms with Gasteiger partial charge in [-0.25, -0.2) is 17.5 Å². The quantitative estimate of drug-likeness (QED) is 0.736. The lowest BCUT2D eigenvalue weighted by atomic mass is 9.87. The van der Waals surface area contributed by atoms with Gasteiger partial charge in [0.25, 0.3) is 0 Å². The van der Waals surface area contributed by atoms with E-state index in [2.05, 4.69) is 4.72 Å². The third-order valence-corrected chi connectivity index (χ3v) is 5.31. The number of nitrogens with two attached hydrogens (primary N) is 1. The highest BCUT2D eigenvalue weighted by Crippen LogP contribution is 2.26. The first-order chi connectivity index (χ1) is 8.78. The van der Waals surface area contributed by atoms with Crippen LogP contribution in [0, 0.1) is 12.7 Å². The maximum absolute atomic E-state index is 13.6. The second-order valence-corrected chi connectivity index (χ2v) is 7.57. The molecule has 1 rings (SSSR count). The molecule has 20 heavy (non-hydrogen) atoms. The van der Waals surface area contributed by atoms with Crippen LogP contribution >= 0.6 is 0 Å². The molecule has 0 amide bonds. The van der Waals surface area contributed by atoms with E-state index in [4.69, 9.17) is 5.73 Å². The summed E-state index contributed by atoms with van der Waals surface area (Å²) in [5, 5.41) is 10.0. The molecule has 1 aromatic carbocycles. The Hall–Kier alpha value is -1.18. The minimum Gasteiger partial charge on any atom is -0.399 e. The molecule has 0 unspecified atom stereocenters. The number of anilines is 1. The van der Waals surface area contributed by atoms with Crippen LogP contribution in [0.2, 0.25) is 0 Å². The molecule has 0 aliphatic carbocycles. The number of hydrogen-bond donors (Lipinski definition) is 3. The summed E-state index contributed by atoms with van der Waals surface area (Å²) in [5.41, 5.74) is 3.06. The van der Waals surface area contributed by atoms with Crippen molar-refractivity contribution in [2.75, 3.05) is 5.73 Å². The van der Waals surface area contributed by atoms with Crippen molar-refractivity contribution >= 4 is 15.7 Å². The van der Waals surface area contributed by atoms with E-state index in [9.17, 15) is 17.9 Å². The van der Waals surface area contributed by atoms with Crippen molar-refractivity contribution < 1.29 is 17.9 Å². The number of rotatable bonds is 4. The second-order valence-electron chi connectivity index (χ2n) is 5.92. The standard InChI is InChI=1S/C13H21FN2O3S/c1-8-10(14)6-9(15)7-11(8)20(18,19)16-12(2,3)13(4,5)17/h6-7,16-17H,15H2,1-5H3. The van der Waals surface area contributed by atoms with E-state index in [-0.39, 0.29) is 16.1 Å². The molecule has 0 atom stereocenters. The zero-order valence-corrected chi connectivity index (χ0v) is 13.1. The molecule has 0 fully saturated rings. The van der Waals surface area contributed by atoms with Crippen LogP contribution in [-0.4, -0.2) is 24.7 Å². The summed E-state index contributed by atoms with van der Waals surface area (Å²) in [7, 11) is -4.01. The Morgan fingerprint density at radius 2 is 1.75 bits per heavy atom. The molecule has 7 heteroatoms. The van der Waals surface area contributed by atoms with Gasteiger partial charge >= 0.3 is 0 Å². The molecular weight excluding hydrogens is 283 g/mol. The topological polar surface area (TPSA) is 92.4 Å². The maximum atomic E-state index is 13.6. The van der Waals surface area contributed by atoms with Gasteiger partial charge in [0.05, 0.1) is 16.0 Å². The summed E-state index contributed by atoms with van der Waals surface area (Å²) in [6.07, 6.45) is 0. The van der Waals surface area contributed by atoms with E-state index in [1.54, 1.807) is 13.8 Å². The third-order valence-electron chi connectivity index (χ3n) is 3.53. The smallest absolute Gasteiger partial charge is 0.241 e. The number of nitrogens with one attached hydrogen (secondary N) is 1. The Morgan fingerprint density at radius 3 is 2.20 bits per heavy atom. The summed E-state index contributed by atoms with van der Waals surface area (Å²) in [4.78, 5) is -0.229. The van der Waals surface area contributed by atoms with Crippen LogP contribution in [0.1, 0.15) is 33.3 Å². The molecule has 4 N–H and O–H groups in total. The van der Waals surface area contributed by atoms with Gasteiger partial charge in [-0.1, -0.05) is 0 Å². The summed E-state index contributed by atoms with van der Waals surface area (Å²) >= 11 is 0. The number of halogens is 1. The van der Waals surface area contributed by atoms with E-state index in [1.807, 2.05) is 0 Å². The average molecular weight is 304 g/mol. The van der Waals surface area contributed by atoms with Crippen LogP contribution in [-0.2, 0) is 10.0 Å². The minimum atomic E-state index is -4.01. The molecule has 114 valence electrons. The van der Waals surface area contributed by atoms with Crippen molar-refractivity contribution in [1.29, 1.82) is 0 Å². The Morgan fingerprint density at radius 1 is 1.25 bits per heavy atom. The van der Waals surface area contributed by atoms with Crippen molar-refractivity contribution in [3.63, 3.8) is 0 Å². The Balaban J connectivity index is 3.33. The highest BCUT2D eigenvalue weighted by molar-refractivity contribution is 7.89. The average Bonchev–Trinajstić information content (AvgIpc) is 2.19. The van der Waals surface area contributed by atoms with Gasteiger partial charge in [0, 0.05) is 11.3 Å². The van der Waals surface area contributed by atoms with Gasteiger partial charge in [-0.05, 0) is 46.8 Å². The molecule has 0 aromatic heterocycles. The number of nitrogen functional groups attached to an aromatic ring is 1. The fraction of sp³-hybridized carbons (Fsp3) is 0.538. The van der Waals surface area contributed by atoms with Gasteiger partial charge in [0.1, 0.15) is 5.82 Å². The summed E-state index contributed by atoms with van der Waals surface area (Å²) < 4.78 is 40.8. The van der Waals surface area contributed by atoms with E-state index < -0.39 is 27.0 Å². The SMILES string of the molecule is Cc1c(F)cc(N)cc1S(=O)(=O)NC(C)(C)C(C)(C)O. The third kappa shape index (κ3) is 3.28. The van der Waals surface area contributed by atoms with Gasteiger partial charge in [-0.3, -0.25) is 0 Å². The lowest BCUT2D eigenvalue weighted by Crippen LogP contribution is -2.57. The number of benzene rings is 1. The normalized spacial score (nSPS) is 13.6. The Kier molecular flexibility index (Phi) is 4.20. The predicted molar refractivity (Wildman–Crippen MR) is 76.2 cm³/mol. The van der Waals surface area contributed by atoms with Gasteiger partial charge in [-0.15, -0.1) is 0 Å². The first kappa shape index (κ1) is 16.9. The lowest BCUT2D eigenvalue weighted by Gasteiger charge is -2.37. The summed E-state index contributed by atoms with van der Waals surface area (Å²) in [6, 6.07) is 2.26. The van der Waals surface area contributed by atoms with Crippen LogP contribution in [0.3, 0.4) is 0 Å². The largest absolute Gasteiger partial charge is 0.399 e. The zero-order chi connectivity index (χ0) is 15.9. The van der Waals surface area contributed by atoms with Crippen LogP contribution in [0.25, 0.3) is 0 Å². The van der Waals surface area contributed by atoms with E-state index >= 15 is 0 Å². The summed E-state index contributed by atoms with van der Waals surface area (Å²) in [5.74, 6) is -0.688. The van der Waals surface area contributed by atoms with Gasteiger partial charge in [-0.2, -0.15) is 0 Å². The van der Waals surface area contributed by atoms with Crippen molar-refractivity contribution in [1.82, 2.24) is 4.72 Å². The molecule has 0 heterocycles. The predicted octanol–water partition coefficient (Wildman–Crippen LogP) is 1.54. The van der Waals surface area contributed by atoms with Crippen LogP contribution < -0.4 is 10.5 Å². The highest BCUT2D eigenvalue weighted by Gasteiger charge is 2.39. The highest BCUT2D eigenvalue weighted by atomic mass is 32.2. The number of aliphatic hydroxyl groups is 1. The van der Waals surface area contributed by atoms with E-state index in [0.29, 0.717) is 0 Å². The van der Waals surface area contributed by atoms with Crippen molar-refractivity contribution in [3.8, 4) is 0 Å². The van der Waals surface area contributed by atoms with Crippen LogP contribution in [0.5, 0.6) is 0 Å². The molecule has 0 radical (unpaired) electrons. The first-order valence-electron chi connectivity index (χ1n) is 6.10. The molecule has 5 nitrogen and oxygen atoms in total. The van der Waals surface area contributed by atoms with Gasteiger partial charge < -0.3 is 10.8 Å². The molecule has 0 aliphatic heterocycles. The second kappa shape index (κ2) is 4.98. The molecule has 0 saturated carbocycles. The fourth-order valence-electron chi connectivity index (χ4n) is 1.47. The zero-order valence-electron chi connectivity index (χ0n) is 12.3. The first-order valence-corrected chi connectivity index (χ1v) is 7.58. The van der Waals surface area contributed by atoms with E-state index in [1.165, 1.54) is 26.8 Å².